The van der Waals surface area contributed by atoms with Crippen molar-refractivity contribution in [1.82, 2.24) is 44.3 Å². The number of amides is 4. The number of imidazole rings is 1. The first-order chi connectivity index (χ1) is 31.0. The summed E-state index contributed by atoms with van der Waals surface area (Å²) in [7, 11) is 1.86. The lowest BCUT2D eigenvalue weighted by molar-refractivity contribution is -0.136. The van der Waals surface area contributed by atoms with E-state index in [9.17, 15) is 19.2 Å². The van der Waals surface area contributed by atoms with Crippen molar-refractivity contribution in [2.45, 2.75) is 78.0 Å². The molecule has 5 aromatic rings. The summed E-state index contributed by atoms with van der Waals surface area (Å²) in [5.74, 6) is 1.13. The molecular weight excluding hydrogens is 811 g/mol. The summed E-state index contributed by atoms with van der Waals surface area (Å²) in [6.45, 7) is 13.8. The van der Waals surface area contributed by atoms with Gasteiger partial charge in [0.05, 0.1) is 35.1 Å². The first-order valence-electron chi connectivity index (χ1n) is 22.9. The number of ether oxygens (including phenoxy) is 1. The van der Waals surface area contributed by atoms with E-state index < -0.39 is 6.04 Å². The Morgan fingerprint density at radius 1 is 0.844 bits per heavy atom. The number of piperidine rings is 2. The van der Waals surface area contributed by atoms with Gasteiger partial charge in [-0.25, -0.2) is 9.67 Å². The molecule has 0 radical (unpaired) electrons. The summed E-state index contributed by atoms with van der Waals surface area (Å²) < 4.78 is 10.2. The normalized spacial score (nSPS) is 21.7. The number of aromatic nitrogens is 5. The van der Waals surface area contributed by atoms with Gasteiger partial charge in [-0.3, -0.25) is 39.7 Å². The Balaban J connectivity index is 0.748. The number of pyridine rings is 1. The van der Waals surface area contributed by atoms with E-state index >= 15 is 0 Å². The number of hydrogen-bond acceptors (Lipinski definition) is 11. The topological polar surface area (TPSA) is 163 Å². The minimum Gasteiger partial charge on any atom is -0.477 e. The number of anilines is 2. The number of carbonyl (C=O) groups is 4. The second-order valence-electron chi connectivity index (χ2n) is 18.5. The highest BCUT2D eigenvalue weighted by Crippen LogP contribution is 2.34. The number of imide groups is 1. The lowest BCUT2D eigenvalue weighted by atomic mass is 9.95. The maximum atomic E-state index is 13.9. The molecule has 5 aliphatic heterocycles. The molecule has 16 nitrogen and oxygen atoms in total. The van der Waals surface area contributed by atoms with Crippen LogP contribution in [0.25, 0.3) is 22.3 Å². The van der Waals surface area contributed by atoms with Crippen molar-refractivity contribution < 1.29 is 23.9 Å². The number of rotatable bonds is 6. The van der Waals surface area contributed by atoms with Crippen LogP contribution in [-0.2, 0) is 36.3 Å². The molecule has 2 aromatic carbocycles. The van der Waals surface area contributed by atoms with E-state index in [4.69, 9.17) is 14.7 Å². The summed E-state index contributed by atoms with van der Waals surface area (Å²) in [6.07, 6.45) is 6.43. The minimum atomic E-state index is -0.598. The van der Waals surface area contributed by atoms with Crippen LogP contribution in [0.1, 0.15) is 83.0 Å². The Morgan fingerprint density at radius 2 is 1.66 bits per heavy atom. The van der Waals surface area contributed by atoms with Gasteiger partial charge < -0.3 is 24.0 Å². The number of benzene rings is 2. The molecule has 4 amide bonds. The zero-order chi connectivity index (χ0) is 44.1. The standard InChI is InChI=1S/C48H57N11O5/c1-30-5-4-20-64-47-38(25-49-54(47)3)40-24-34(21-31(2)50-40)44(61)53-48-51-39-9-6-33(22-42(39)59(48)26-30)28-56-18-16-55(17-19-56)27-32-12-14-57(15-13-32)36-7-8-37-35(23-36)29-58(46(37)63)41-10-11-43(60)52-45(41)62/h6-9,21-25,30,32,41H,4-5,10-20,26-29H2,1-3H3,(H,51,53,61)(H,52,60,62)/t30-,41?/m1/s1. The molecule has 3 saturated heterocycles. The highest BCUT2D eigenvalue weighted by atomic mass is 16.5. The van der Waals surface area contributed by atoms with Crippen molar-refractivity contribution in [3.05, 3.63) is 82.7 Å². The molecule has 64 heavy (non-hydrogen) atoms. The Morgan fingerprint density at radius 3 is 2.47 bits per heavy atom. The van der Waals surface area contributed by atoms with Gasteiger partial charge in [0.15, 0.2) is 0 Å². The second kappa shape index (κ2) is 17.4. The maximum absolute atomic E-state index is 13.9. The first kappa shape index (κ1) is 41.9. The van der Waals surface area contributed by atoms with Crippen molar-refractivity contribution in [3.8, 4) is 17.1 Å². The first-order valence-corrected chi connectivity index (χ1v) is 22.9. The van der Waals surface area contributed by atoms with Crippen molar-refractivity contribution in [2.24, 2.45) is 18.9 Å². The molecule has 334 valence electrons. The van der Waals surface area contributed by atoms with E-state index in [1.165, 1.54) is 5.56 Å². The molecule has 0 saturated carbocycles. The molecule has 0 aliphatic carbocycles. The summed E-state index contributed by atoms with van der Waals surface area (Å²) in [6, 6.07) is 15.6. The van der Waals surface area contributed by atoms with Crippen LogP contribution in [0.4, 0.5) is 11.6 Å². The highest BCUT2D eigenvalue weighted by molar-refractivity contribution is 6.06. The van der Waals surface area contributed by atoms with Crippen LogP contribution in [-0.4, -0.2) is 121 Å². The molecule has 2 N–H and O–H groups in total. The van der Waals surface area contributed by atoms with Crippen molar-refractivity contribution in [1.29, 1.82) is 0 Å². The van der Waals surface area contributed by atoms with Crippen LogP contribution >= 0.6 is 0 Å². The van der Waals surface area contributed by atoms with E-state index in [1.54, 1.807) is 27.9 Å². The van der Waals surface area contributed by atoms with Gasteiger partial charge in [0, 0.05) is 101 Å². The largest absolute Gasteiger partial charge is 0.477 e. The Hall–Kier alpha value is -6.13. The van der Waals surface area contributed by atoms with Gasteiger partial charge in [-0.2, -0.15) is 5.10 Å². The molecule has 10 rings (SSSR count). The number of hydrogen-bond donors (Lipinski definition) is 2. The number of nitrogens with one attached hydrogen (secondary N) is 2. The molecule has 2 atom stereocenters. The van der Waals surface area contributed by atoms with Gasteiger partial charge >= 0.3 is 0 Å². The molecule has 3 fully saturated rings. The van der Waals surface area contributed by atoms with Gasteiger partial charge in [0.2, 0.25) is 23.6 Å². The van der Waals surface area contributed by atoms with Crippen molar-refractivity contribution >= 4 is 46.3 Å². The van der Waals surface area contributed by atoms with E-state index in [0.29, 0.717) is 66.6 Å². The van der Waals surface area contributed by atoms with Crippen LogP contribution < -0.4 is 20.3 Å². The molecule has 3 aromatic heterocycles. The lowest BCUT2D eigenvalue weighted by Gasteiger charge is -2.39. The van der Waals surface area contributed by atoms with Gasteiger partial charge in [-0.1, -0.05) is 13.0 Å². The van der Waals surface area contributed by atoms with Crippen molar-refractivity contribution in [3.63, 3.8) is 0 Å². The van der Waals surface area contributed by atoms with Gasteiger partial charge in [0.1, 0.15) is 6.04 Å². The molecule has 8 heterocycles. The Bertz CT molecular complexity index is 2620. The average Bonchev–Trinajstić information content (AvgIpc) is 3.93. The minimum absolute atomic E-state index is 0.130. The van der Waals surface area contributed by atoms with Gasteiger partial charge in [0.25, 0.3) is 11.8 Å². The zero-order valence-corrected chi connectivity index (χ0v) is 37.0. The number of fused-ring (bicyclic) bond motifs is 8. The van der Waals surface area contributed by atoms with Crippen LogP contribution in [0.2, 0.25) is 0 Å². The third-order valence-electron chi connectivity index (χ3n) is 13.9. The van der Waals surface area contributed by atoms with Crippen LogP contribution in [0, 0.1) is 18.8 Å². The van der Waals surface area contributed by atoms with Crippen LogP contribution in [0.3, 0.4) is 0 Å². The summed E-state index contributed by atoms with van der Waals surface area (Å²) in [5, 5.41) is 9.98. The molecule has 2 bridgehead atoms. The zero-order valence-electron chi connectivity index (χ0n) is 37.0. The van der Waals surface area contributed by atoms with Crippen molar-refractivity contribution in [2.75, 3.05) is 62.6 Å². The maximum Gasteiger partial charge on any atom is 0.258 e. The fourth-order valence-corrected chi connectivity index (χ4v) is 10.3. The van der Waals surface area contributed by atoms with E-state index in [2.05, 4.69) is 66.2 Å². The van der Waals surface area contributed by atoms with Gasteiger partial charge in [-0.05, 0) is 104 Å². The Kier molecular flexibility index (Phi) is 11.4. The molecule has 1 unspecified atom stereocenters. The second-order valence-corrected chi connectivity index (χ2v) is 18.5. The monoisotopic (exact) mass is 867 g/mol. The summed E-state index contributed by atoms with van der Waals surface area (Å²) >= 11 is 0. The van der Waals surface area contributed by atoms with Crippen LogP contribution in [0.15, 0.2) is 54.7 Å². The Labute approximate surface area is 372 Å². The van der Waals surface area contributed by atoms with E-state index in [1.807, 2.05) is 26.1 Å². The fraction of sp³-hybridized carbons (Fsp3) is 0.479. The van der Waals surface area contributed by atoms with E-state index in [0.717, 1.165) is 112 Å². The van der Waals surface area contributed by atoms with Crippen LogP contribution in [0.5, 0.6) is 5.88 Å². The smallest absolute Gasteiger partial charge is 0.258 e. The number of nitrogens with zero attached hydrogens (tertiary/aromatic N) is 9. The molecule has 16 heteroatoms. The summed E-state index contributed by atoms with van der Waals surface area (Å²) in [5.41, 5.74) is 8.50. The predicted molar refractivity (Wildman–Crippen MR) is 242 cm³/mol. The SMILES string of the molecule is Cc1cc2cc(n1)-c1cnn(C)c1OCCC[C@@H](C)Cn1c(nc3ccc(CN4CCN(CC5CCN(c6ccc7c(c6)CN(C6CCC(=O)NC6=O)C7=O)CC5)CC4)cc31)NC2=O. The number of aryl methyl sites for hydroxylation is 2. The van der Waals surface area contributed by atoms with Gasteiger partial charge in [-0.15, -0.1) is 0 Å². The lowest BCUT2D eigenvalue weighted by Crippen LogP contribution is -2.52. The quantitative estimate of drug-likeness (QED) is 0.221. The molecule has 0 spiro atoms. The number of carbonyl (C=O) groups excluding carboxylic acids is 4. The highest BCUT2D eigenvalue weighted by Gasteiger charge is 2.39. The average molecular weight is 868 g/mol. The third kappa shape index (κ3) is 8.48. The fourth-order valence-electron chi connectivity index (χ4n) is 10.3. The predicted octanol–water partition coefficient (Wildman–Crippen LogP) is 5.00. The molecule has 5 aliphatic rings. The number of piperazine rings is 1. The summed E-state index contributed by atoms with van der Waals surface area (Å²) in [4.78, 5) is 70.2. The van der Waals surface area contributed by atoms with E-state index in [-0.39, 0.29) is 30.0 Å². The third-order valence-corrected chi connectivity index (χ3v) is 13.9. The molecular formula is C48H57N11O5.